The molecule has 1 aromatic rings. The van der Waals surface area contributed by atoms with E-state index in [0.29, 0.717) is 6.61 Å². The number of ketones is 1. The summed E-state index contributed by atoms with van der Waals surface area (Å²) in [5.41, 5.74) is 1.98. The molecule has 3 heteroatoms. The minimum Gasteiger partial charge on any atom is -0.492 e. The average molecular weight is 245 g/mol. The van der Waals surface area contributed by atoms with Crippen molar-refractivity contribution in [3.63, 3.8) is 0 Å². The highest BCUT2D eigenvalue weighted by Gasteiger charge is 2.33. The topological polar surface area (TPSA) is 38.3 Å². The van der Waals surface area contributed by atoms with Crippen molar-refractivity contribution < 1.29 is 9.53 Å². The Morgan fingerprint density at radius 2 is 2.28 bits per heavy atom. The Morgan fingerprint density at radius 3 is 3.00 bits per heavy atom. The van der Waals surface area contributed by atoms with E-state index >= 15 is 0 Å². The zero-order valence-electron chi connectivity index (χ0n) is 11.0. The molecule has 3 rings (SSSR count). The molecular formula is C15H19NO2. The van der Waals surface area contributed by atoms with E-state index < -0.39 is 0 Å². The molecule has 1 N–H and O–H groups in total. The van der Waals surface area contributed by atoms with E-state index in [4.69, 9.17) is 4.74 Å². The molecule has 1 atom stereocenters. The number of hydrogen-bond acceptors (Lipinski definition) is 3. The van der Waals surface area contributed by atoms with Gasteiger partial charge in [-0.2, -0.15) is 0 Å². The van der Waals surface area contributed by atoms with Gasteiger partial charge in [-0.15, -0.1) is 0 Å². The molecule has 2 aliphatic heterocycles. The van der Waals surface area contributed by atoms with E-state index in [0.717, 1.165) is 36.3 Å². The Kier molecular flexibility index (Phi) is 2.67. The highest BCUT2D eigenvalue weighted by Crippen LogP contribution is 2.38. The summed E-state index contributed by atoms with van der Waals surface area (Å²) in [6, 6.07) is 5.85. The van der Waals surface area contributed by atoms with Gasteiger partial charge in [-0.05, 0) is 37.6 Å². The van der Waals surface area contributed by atoms with Gasteiger partial charge < -0.3 is 10.1 Å². The van der Waals surface area contributed by atoms with Gasteiger partial charge in [0.15, 0.2) is 5.78 Å². The summed E-state index contributed by atoms with van der Waals surface area (Å²) in [7, 11) is 0. The predicted molar refractivity (Wildman–Crippen MR) is 70.3 cm³/mol. The van der Waals surface area contributed by atoms with Crippen molar-refractivity contribution in [2.24, 2.45) is 0 Å². The number of Topliss-reactive ketones (excluding diaryl/α,β-unsaturated/α-hetero) is 1. The zero-order chi connectivity index (χ0) is 12.8. The van der Waals surface area contributed by atoms with Crippen molar-refractivity contribution in [1.29, 1.82) is 0 Å². The first-order valence-electron chi connectivity index (χ1n) is 6.63. The van der Waals surface area contributed by atoms with Crippen molar-refractivity contribution in [3.05, 3.63) is 29.3 Å². The molecule has 0 aliphatic carbocycles. The van der Waals surface area contributed by atoms with Gasteiger partial charge in [-0.25, -0.2) is 0 Å². The number of carbonyl (C=O) groups excluding carboxylic acids is 1. The lowest BCUT2D eigenvalue weighted by Crippen LogP contribution is -2.30. The van der Waals surface area contributed by atoms with Gasteiger partial charge in [0.25, 0.3) is 0 Å². The first kappa shape index (κ1) is 11.7. The lowest BCUT2D eigenvalue weighted by molar-refractivity contribution is 0.0952. The molecule has 3 nitrogen and oxygen atoms in total. The standard InChI is InChI=1S/C15H19NO2/c1-15(2)9-18-13-6-5-10(8-11(13)15)14(17)12-4-3-7-16-12/h5-6,8,12,16H,3-4,7,9H2,1-2H3. The number of fused-ring (bicyclic) bond motifs is 1. The van der Waals surface area contributed by atoms with Gasteiger partial charge in [0.2, 0.25) is 0 Å². The largest absolute Gasteiger partial charge is 0.492 e. The third-order valence-electron chi connectivity index (χ3n) is 3.96. The molecule has 0 spiro atoms. The van der Waals surface area contributed by atoms with E-state index in [-0.39, 0.29) is 17.2 Å². The number of ether oxygens (including phenoxy) is 1. The number of benzene rings is 1. The third-order valence-corrected chi connectivity index (χ3v) is 3.96. The monoisotopic (exact) mass is 245 g/mol. The van der Waals surface area contributed by atoms with Gasteiger partial charge in [0.1, 0.15) is 5.75 Å². The minimum absolute atomic E-state index is 0.00786. The Morgan fingerprint density at radius 1 is 1.44 bits per heavy atom. The van der Waals surface area contributed by atoms with Gasteiger partial charge in [-0.3, -0.25) is 4.79 Å². The van der Waals surface area contributed by atoms with E-state index in [1.54, 1.807) is 0 Å². The first-order valence-corrected chi connectivity index (χ1v) is 6.63. The quantitative estimate of drug-likeness (QED) is 0.812. The Bertz CT molecular complexity index is 487. The average Bonchev–Trinajstić information content (AvgIpc) is 2.97. The van der Waals surface area contributed by atoms with Gasteiger partial charge in [0, 0.05) is 16.5 Å². The molecular weight excluding hydrogens is 226 g/mol. The van der Waals surface area contributed by atoms with Crippen LogP contribution in [0.25, 0.3) is 0 Å². The summed E-state index contributed by atoms with van der Waals surface area (Å²) < 4.78 is 5.65. The van der Waals surface area contributed by atoms with Gasteiger partial charge >= 0.3 is 0 Å². The molecule has 0 saturated carbocycles. The van der Waals surface area contributed by atoms with Crippen molar-refractivity contribution in [3.8, 4) is 5.75 Å². The molecule has 1 saturated heterocycles. The van der Waals surface area contributed by atoms with Crippen LogP contribution in [0.5, 0.6) is 5.75 Å². The summed E-state index contributed by atoms with van der Waals surface area (Å²) in [4.78, 5) is 12.4. The molecule has 2 heterocycles. The second-order valence-corrected chi connectivity index (χ2v) is 5.90. The molecule has 1 unspecified atom stereocenters. The van der Waals surface area contributed by atoms with Crippen LogP contribution in [-0.4, -0.2) is 25.0 Å². The van der Waals surface area contributed by atoms with E-state index in [1.165, 1.54) is 0 Å². The minimum atomic E-state index is 0.00786. The molecule has 1 fully saturated rings. The lowest BCUT2D eigenvalue weighted by atomic mass is 9.85. The highest BCUT2D eigenvalue weighted by atomic mass is 16.5. The summed E-state index contributed by atoms with van der Waals surface area (Å²) >= 11 is 0. The SMILES string of the molecule is CC1(C)COc2ccc(C(=O)C3CCCN3)cc21. The molecule has 18 heavy (non-hydrogen) atoms. The first-order chi connectivity index (χ1) is 8.58. The predicted octanol–water partition coefficient (Wildman–Crippen LogP) is 2.29. The summed E-state index contributed by atoms with van der Waals surface area (Å²) in [5, 5.41) is 3.26. The molecule has 0 radical (unpaired) electrons. The Balaban J connectivity index is 1.92. The van der Waals surface area contributed by atoms with Crippen molar-refractivity contribution >= 4 is 5.78 Å². The number of carbonyl (C=O) groups is 1. The van der Waals surface area contributed by atoms with Crippen LogP contribution in [0.2, 0.25) is 0 Å². The lowest BCUT2D eigenvalue weighted by Gasteiger charge is -2.16. The fourth-order valence-corrected chi connectivity index (χ4v) is 2.78. The third kappa shape index (κ3) is 1.83. The van der Waals surface area contributed by atoms with Crippen LogP contribution in [0.3, 0.4) is 0 Å². The van der Waals surface area contributed by atoms with E-state index in [2.05, 4.69) is 19.2 Å². The van der Waals surface area contributed by atoms with Crippen LogP contribution >= 0.6 is 0 Å². The van der Waals surface area contributed by atoms with Crippen molar-refractivity contribution in [1.82, 2.24) is 5.32 Å². The Labute approximate surface area is 108 Å². The molecule has 1 aromatic carbocycles. The van der Waals surface area contributed by atoms with Crippen LogP contribution < -0.4 is 10.1 Å². The smallest absolute Gasteiger partial charge is 0.179 e. The van der Waals surface area contributed by atoms with Crippen LogP contribution in [-0.2, 0) is 5.41 Å². The molecule has 0 bridgehead atoms. The second kappa shape index (κ2) is 4.09. The fourth-order valence-electron chi connectivity index (χ4n) is 2.78. The van der Waals surface area contributed by atoms with Crippen LogP contribution in [0, 0.1) is 0 Å². The number of rotatable bonds is 2. The summed E-state index contributed by atoms with van der Waals surface area (Å²) in [6.45, 7) is 5.96. The van der Waals surface area contributed by atoms with Gasteiger partial charge in [-0.1, -0.05) is 13.8 Å². The van der Waals surface area contributed by atoms with E-state index in [1.807, 2.05) is 18.2 Å². The van der Waals surface area contributed by atoms with Crippen LogP contribution in [0.15, 0.2) is 18.2 Å². The fraction of sp³-hybridized carbons (Fsp3) is 0.533. The van der Waals surface area contributed by atoms with Crippen molar-refractivity contribution in [2.75, 3.05) is 13.2 Å². The molecule has 2 aliphatic rings. The normalized spacial score (nSPS) is 24.7. The number of nitrogens with one attached hydrogen (secondary N) is 1. The zero-order valence-corrected chi connectivity index (χ0v) is 11.0. The number of hydrogen-bond donors (Lipinski definition) is 1. The molecule has 96 valence electrons. The Hall–Kier alpha value is -1.35. The second-order valence-electron chi connectivity index (χ2n) is 5.90. The molecule has 0 amide bonds. The molecule has 0 aromatic heterocycles. The van der Waals surface area contributed by atoms with Crippen LogP contribution in [0.4, 0.5) is 0 Å². The summed E-state index contributed by atoms with van der Waals surface area (Å²) in [5.74, 6) is 1.15. The maximum absolute atomic E-state index is 12.4. The van der Waals surface area contributed by atoms with Gasteiger partial charge in [0.05, 0.1) is 12.6 Å². The highest BCUT2D eigenvalue weighted by molar-refractivity contribution is 6.00. The maximum atomic E-state index is 12.4. The van der Waals surface area contributed by atoms with Crippen molar-refractivity contribution in [2.45, 2.75) is 38.1 Å². The summed E-state index contributed by atoms with van der Waals surface area (Å²) in [6.07, 6.45) is 2.05. The maximum Gasteiger partial charge on any atom is 0.179 e. The van der Waals surface area contributed by atoms with E-state index in [9.17, 15) is 4.79 Å². The van der Waals surface area contributed by atoms with Crippen LogP contribution in [0.1, 0.15) is 42.6 Å².